The van der Waals surface area contributed by atoms with Crippen LogP contribution in [0, 0.1) is 0 Å². The van der Waals surface area contributed by atoms with Gasteiger partial charge in [0.25, 0.3) is 0 Å². The Morgan fingerprint density at radius 3 is 2.88 bits per heavy atom. The van der Waals surface area contributed by atoms with Crippen LogP contribution >= 0.6 is 11.6 Å². The minimum Gasteiger partial charge on any atom is -0.495 e. The van der Waals surface area contributed by atoms with E-state index in [1.54, 1.807) is 18.2 Å². The molecule has 5 nitrogen and oxygen atoms in total. The summed E-state index contributed by atoms with van der Waals surface area (Å²) in [6.45, 7) is 0.114. The summed E-state index contributed by atoms with van der Waals surface area (Å²) in [4.78, 5) is 10.4. The van der Waals surface area contributed by atoms with E-state index in [1.165, 1.54) is 7.11 Å². The smallest absolute Gasteiger partial charge is 0.306 e. The Kier molecular flexibility index (Phi) is 5.06. The van der Waals surface area contributed by atoms with Gasteiger partial charge < -0.3 is 20.3 Å². The van der Waals surface area contributed by atoms with Crippen molar-refractivity contribution in [1.82, 2.24) is 0 Å². The molecule has 0 bridgehead atoms. The van der Waals surface area contributed by atoms with Gasteiger partial charge in [0.05, 0.1) is 25.3 Å². The van der Waals surface area contributed by atoms with Crippen LogP contribution in [0.1, 0.15) is 6.42 Å². The fraction of sp³-hybridized carbons (Fsp3) is 0.364. The molecule has 0 aliphatic rings. The van der Waals surface area contributed by atoms with Crippen LogP contribution in [0.3, 0.4) is 0 Å². The lowest BCUT2D eigenvalue weighted by atomic mass is 10.2. The summed E-state index contributed by atoms with van der Waals surface area (Å²) in [5, 5.41) is 21.3. The van der Waals surface area contributed by atoms with E-state index in [0.717, 1.165) is 0 Å². The van der Waals surface area contributed by atoms with Crippen LogP contribution in [0.25, 0.3) is 0 Å². The third kappa shape index (κ3) is 4.50. The summed E-state index contributed by atoms with van der Waals surface area (Å²) in [5.74, 6) is -0.464. The number of aliphatic hydroxyl groups is 1. The zero-order chi connectivity index (χ0) is 12.8. The van der Waals surface area contributed by atoms with Crippen molar-refractivity contribution in [3.63, 3.8) is 0 Å². The third-order valence-electron chi connectivity index (χ3n) is 2.10. The molecule has 1 rings (SSSR count). The molecule has 17 heavy (non-hydrogen) atoms. The van der Waals surface area contributed by atoms with E-state index < -0.39 is 12.1 Å². The normalized spacial score (nSPS) is 11.9. The average Bonchev–Trinajstić information content (AvgIpc) is 2.25. The molecule has 0 fully saturated rings. The lowest BCUT2D eigenvalue weighted by molar-refractivity contribution is -0.138. The van der Waals surface area contributed by atoms with Gasteiger partial charge >= 0.3 is 5.97 Å². The van der Waals surface area contributed by atoms with Crippen molar-refractivity contribution in [2.45, 2.75) is 12.5 Å². The highest BCUT2D eigenvalue weighted by Gasteiger charge is 2.10. The standard InChI is InChI=1S/C11H14ClNO4/c1-17-10-3-2-7(12)4-9(10)13-6-8(14)5-11(15)16/h2-4,8,13-14H,5-6H2,1H3,(H,15,16). The summed E-state index contributed by atoms with van der Waals surface area (Å²) in [6, 6.07) is 5.02. The van der Waals surface area contributed by atoms with E-state index in [-0.39, 0.29) is 13.0 Å². The molecule has 1 atom stereocenters. The largest absolute Gasteiger partial charge is 0.495 e. The zero-order valence-electron chi connectivity index (χ0n) is 9.31. The van der Waals surface area contributed by atoms with E-state index in [1.807, 2.05) is 0 Å². The van der Waals surface area contributed by atoms with Gasteiger partial charge in [0.2, 0.25) is 0 Å². The fourth-order valence-corrected chi connectivity index (χ4v) is 1.49. The first-order valence-corrected chi connectivity index (χ1v) is 5.38. The molecule has 0 radical (unpaired) electrons. The first kappa shape index (κ1) is 13.6. The van der Waals surface area contributed by atoms with E-state index in [0.29, 0.717) is 16.5 Å². The highest BCUT2D eigenvalue weighted by Crippen LogP contribution is 2.27. The number of carboxylic acid groups (broad SMARTS) is 1. The van der Waals surface area contributed by atoms with E-state index in [9.17, 15) is 9.90 Å². The molecule has 94 valence electrons. The van der Waals surface area contributed by atoms with Crippen molar-refractivity contribution in [2.24, 2.45) is 0 Å². The number of halogens is 1. The number of carboxylic acids is 1. The number of nitrogens with one attached hydrogen (secondary N) is 1. The van der Waals surface area contributed by atoms with E-state index >= 15 is 0 Å². The number of anilines is 1. The van der Waals surface area contributed by atoms with Gasteiger partial charge in [0, 0.05) is 11.6 Å². The van der Waals surface area contributed by atoms with Crippen molar-refractivity contribution in [1.29, 1.82) is 0 Å². The van der Waals surface area contributed by atoms with Gasteiger partial charge in [-0.3, -0.25) is 4.79 Å². The predicted octanol–water partition coefficient (Wildman–Crippen LogP) is 1.60. The Bertz CT molecular complexity index is 397. The molecule has 0 saturated carbocycles. The van der Waals surface area contributed by atoms with Gasteiger partial charge in [-0.05, 0) is 18.2 Å². The van der Waals surface area contributed by atoms with Crippen LogP contribution in [0.4, 0.5) is 5.69 Å². The molecule has 0 aliphatic carbocycles. The topological polar surface area (TPSA) is 78.8 Å². The van der Waals surface area contributed by atoms with Crippen LogP contribution in [0.15, 0.2) is 18.2 Å². The SMILES string of the molecule is COc1ccc(Cl)cc1NCC(O)CC(=O)O. The Morgan fingerprint density at radius 2 is 2.29 bits per heavy atom. The molecule has 0 spiro atoms. The van der Waals surface area contributed by atoms with Gasteiger partial charge in [-0.15, -0.1) is 0 Å². The molecule has 3 N–H and O–H groups in total. The maximum Gasteiger partial charge on any atom is 0.306 e. The van der Waals surface area contributed by atoms with Crippen LogP contribution in [-0.2, 0) is 4.79 Å². The second-order valence-corrected chi connectivity index (χ2v) is 3.91. The number of aliphatic hydroxyl groups excluding tert-OH is 1. The Balaban J connectivity index is 2.61. The molecule has 1 unspecified atom stereocenters. The number of aliphatic carboxylic acids is 1. The lowest BCUT2D eigenvalue weighted by Crippen LogP contribution is -2.22. The maximum absolute atomic E-state index is 10.4. The number of methoxy groups -OCH3 is 1. The first-order chi connectivity index (χ1) is 8.02. The monoisotopic (exact) mass is 259 g/mol. The number of carbonyl (C=O) groups is 1. The summed E-state index contributed by atoms with van der Waals surface area (Å²) in [7, 11) is 1.52. The van der Waals surface area contributed by atoms with Gasteiger partial charge in [-0.25, -0.2) is 0 Å². The van der Waals surface area contributed by atoms with Gasteiger partial charge in [-0.2, -0.15) is 0 Å². The number of ether oxygens (including phenoxy) is 1. The fourth-order valence-electron chi connectivity index (χ4n) is 1.32. The molecular weight excluding hydrogens is 246 g/mol. The lowest BCUT2D eigenvalue weighted by Gasteiger charge is -2.14. The van der Waals surface area contributed by atoms with Crippen LogP contribution in [-0.4, -0.2) is 35.9 Å². The minimum absolute atomic E-state index is 0.114. The Labute approximate surface area is 104 Å². The number of rotatable bonds is 6. The second kappa shape index (κ2) is 6.32. The quantitative estimate of drug-likeness (QED) is 0.723. The third-order valence-corrected chi connectivity index (χ3v) is 2.34. The van der Waals surface area contributed by atoms with Crippen molar-refractivity contribution in [3.05, 3.63) is 23.2 Å². The summed E-state index contributed by atoms with van der Waals surface area (Å²) in [6.07, 6.45) is -1.27. The summed E-state index contributed by atoms with van der Waals surface area (Å²) >= 11 is 5.82. The maximum atomic E-state index is 10.4. The highest BCUT2D eigenvalue weighted by atomic mass is 35.5. The van der Waals surface area contributed by atoms with Gasteiger partial charge in [-0.1, -0.05) is 11.6 Å². The Hall–Kier alpha value is -1.46. The molecule has 0 aromatic heterocycles. The van der Waals surface area contributed by atoms with Gasteiger partial charge in [0.15, 0.2) is 0 Å². The van der Waals surface area contributed by atoms with Crippen LogP contribution in [0.2, 0.25) is 5.02 Å². The molecule has 0 amide bonds. The molecule has 0 saturated heterocycles. The molecular formula is C11H14ClNO4. The molecule has 0 aliphatic heterocycles. The number of benzene rings is 1. The molecule has 6 heteroatoms. The summed E-state index contributed by atoms with van der Waals surface area (Å²) in [5.41, 5.74) is 0.615. The Morgan fingerprint density at radius 1 is 1.59 bits per heavy atom. The highest BCUT2D eigenvalue weighted by molar-refractivity contribution is 6.30. The average molecular weight is 260 g/mol. The van der Waals surface area contributed by atoms with Crippen LogP contribution in [0.5, 0.6) is 5.75 Å². The van der Waals surface area contributed by atoms with Crippen molar-refractivity contribution in [3.8, 4) is 5.75 Å². The number of hydrogen-bond donors (Lipinski definition) is 3. The predicted molar refractivity (Wildman–Crippen MR) is 64.8 cm³/mol. The zero-order valence-corrected chi connectivity index (χ0v) is 10.1. The first-order valence-electron chi connectivity index (χ1n) is 5.00. The molecule has 0 heterocycles. The summed E-state index contributed by atoms with van der Waals surface area (Å²) < 4.78 is 5.09. The van der Waals surface area contributed by atoms with E-state index in [4.69, 9.17) is 21.4 Å². The van der Waals surface area contributed by atoms with Crippen molar-refractivity contribution < 1.29 is 19.7 Å². The number of hydrogen-bond acceptors (Lipinski definition) is 4. The second-order valence-electron chi connectivity index (χ2n) is 3.48. The van der Waals surface area contributed by atoms with Crippen molar-refractivity contribution in [2.75, 3.05) is 19.0 Å². The minimum atomic E-state index is -1.04. The molecule has 1 aromatic rings. The van der Waals surface area contributed by atoms with E-state index in [2.05, 4.69) is 5.32 Å². The van der Waals surface area contributed by atoms with Crippen LogP contribution < -0.4 is 10.1 Å². The molecule has 1 aromatic carbocycles. The van der Waals surface area contributed by atoms with Crippen molar-refractivity contribution >= 4 is 23.3 Å². The van der Waals surface area contributed by atoms with Gasteiger partial charge in [0.1, 0.15) is 5.75 Å².